The number of rotatable bonds is 11. The Labute approximate surface area is 216 Å². The molecule has 0 radical (unpaired) electrons. The van der Waals surface area contributed by atoms with Gasteiger partial charge < -0.3 is 18.9 Å². The van der Waals surface area contributed by atoms with Crippen LogP contribution in [-0.2, 0) is 25.4 Å². The molecule has 2 aromatic carbocycles. The van der Waals surface area contributed by atoms with Crippen molar-refractivity contribution >= 4 is 11.9 Å². The molecule has 0 aromatic heterocycles. The van der Waals surface area contributed by atoms with Crippen LogP contribution in [0.2, 0.25) is 0 Å². The van der Waals surface area contributed by atoms with Gasteiger partial charge in [-0.25, -0.2) is 18.4 Å². The molecule has 4 unspecified atom stereocenters. The number of carbonyl (C=O) groups is 2. The Balaban J connectivity index is 1.27. The molecule has 2 aliphatic rings. The number of benzene rings is 2. The molecule has 8 heteroatoms. The molecule has 2 fully saturated rings. The minimum absolute atomic E-state index is 0.0608. The van der Waals surface area contributed by atoms with Gasteiger partial charge in [0.2, 0.25) is 0 Å². The number of hydrogen-bond donors (Lipinski definition) is 0. The van der Waals surface area contributed by atoms with E-state index in [4.69, 9.17) is 18.9 Å². The van der Waals surface area contributed by atoms with E-state index in [-0.39, 0.29) is 24.3 Å². The molecule has 0 spiro atoms. The molecule has 0 aliphatic carbocycles. The second-order valence-electron chi connectivity index (χ2n) is 9.77. The van der Waals surface area contributed by atoms with Gasteiger partial charge in [0.05, 0.1) is 24.3 Å². The second kappa shape index (κ2) is 12.6. The van der Waals surface area contributed by atoms with Crippen LogP contribution in [0.25, 0.3) is 0 Å². The van der Waals surface area contributed by atoms with E-state index in [1.807, 2.05) is 0 Å². The van der Waals surface area contributed by atoms with E-state index in [9.17, 15) is 18.4 Å². The molecule has 2 saturated heterocycles. The molecule has 6 nitrogen and oxygen atoms in total. The molecule has 0 amide bonds. The van der Waals surface area contributed by atoms with E-state index in [2.05, 4.69) is 6.92 Å². The van der Waals surface area contributed by atoms with Crippen molar-refractivity contribution in [1.29, 1.82) is 0 Å². The third-order valence-electron chi connectivity index (χ3n) is 6.98. The van der Waals surface area contributed by atoms with Gasteiger partial charge >= 0.3 is 11.9 Å². The Morgan fingerprint density at radius 3 is 1.92 bits per heavy atom. The molecule has 2 aromatic rings. The van der Waals surface area contributed by atoms with Crippen molar-refractivity contribution in [1.82, 2.24) is 0 Å². The van der Waals surface area contributed by atoms with Gasteiger partial charge in [0.25, 0.3) is 0 Å². The summed E-state index contributed by atoms with van der Waals surface area (Å²) in [5.41, 5.74) is 1.23. The predicted molar refractivity (Wildman–Crippen MR) is 133 cm³/mol. The molecule has 0 saturated carbocycles. The van der Waals surface area contributed by atoms with Crippen LogP contribution in [0.4, 0.5) is 8.78 Å². The van der Waals surface area contributed by atoms with Crippen LogP contribution in [0.3, 0.4) is 0 Å². The molecule has 2 aliphatic heterocycles. The van der Waals surface area contributed by atoms with Gasteiger partial charge in [-0.1, -0.05) is 51.2 Å². The van der Waals surface area contributed by atoms with Crippen LogP contribution in [0.5, 0.6) is 0 Å². The first-order valence-corrected chi connectivity index (χ1v) is 13.1. The molecule has 0 bridgehead atoms. The van der Waals surface area contributed by atoms with Crippen molar-refractivity contribution in [3.05, 3.63) is 70.3 Å². The van der Waals surface area contributed by atoms with Crippen LogP contribution in [0.15, 0.2) is 36.4 Å². The van der Waals surface area contributed by atoms with E-state index < -0.39 is 48.0 Å². The lowest BCUT2D eigenvalue weighted by molar-refractivity contribution is -0.0287. The average Bonchev–Trinajstić information content (AvgIpc) is 3.47. The van der Waals surface area contributed by atoms with Crippen molar-refractivity contribution in [2.75, 3.05) is 13.2 Å². The standard InChI is InChI=1S/C29H34F2O6/c1-3-4-5-6-7-8-9-19-12-13-21(15-23(19)31)29(33)37-25-17-35-26-24(16-34-27(25)26)36-28(32)20-11-10-18(2)22(30)14-20/h10-15,24-27H,3-9,16-17H2,1-2H3. The summed E-state index contributed by atoms with van der Waals surface area (Å²) in [5, 5.41) is 0. The number of hydrogen-bond acceptors (Lipinski definition) is 6. The SMILES string of the molecule is CCCCCCCCc1ccc(C(=O)OC2COC3C(OC(=O)c4ccc(C)c(F)c4)COC23)cc1F. The van der Waals surface area contributed by atoms with Crippen molar-refractivity contribution in [3.63, 3.8) is 0 Å². The Hall–Kier alpha value is -2.84. The predicted octanol–water partition coefficient (Wildman–Crippen LogP) is 5.72. The van der Waals surface area contributed by atoms with Gasteiger partial charge in [-0.15, -0.1) is 0 Å². The Morgan fingerprint density at radius 1 is 0.811 bits per heavy atom. The van der Waals surface area contributed by atoms with Gasteiger partial charge in [-0.2, -0.15) is 0 Å². The van der Waals surface area contributed by atoms with Crippen molar-refractivity contribution < 1.29 is 37.3 Å². The first kappa shape index (κ1) is 27.2. The second-order valence-corrected chi connectivity index (χ2v) is 9.77. The van der Waals surface area contributed by atoms with E-state index >= 15 is 0 Å². The number of carbonyl (C=O) groups excluding carboxylic acids is 2. The largest absolute Gasteiger partial charge is 0.453 e. The van der Waals surface area contributed by atoms with Gasteiger partial charge in [0, 0.05) is 0 Å². The van der Waals surface area contributed by atoms with Crippen LogP contribution in [0.1, 0.15) is 77.3 Å². The monoisotopic (exact) mass is 516 g/mol. The highest BCUT2D eigenvalue weighted by Crippen LogP contribution is 2.31. The molecule has 0 N–H and O–H groups in total. The normalized spacial score (nSPS) is 22.6. The maximum Gasteiger partial charge on any atom is 0.338 e. The van der Waals surface area contributed by atoms with Crippen LogP contribution >= 0.6 is 0 Å². The smallest absolute Gasteiger partial charge is 0.338 e. The van der Waals surface area contributed by atoms with Gasteiger partial charge in [-0.3, -0.25) is 0 Å². The molecular weight excluding hydrogens is 482 g/mol. The van der Waals surface area contributed by atoms with Crippen LogP contribution < -0.4 is 0 Å². The topological polar surface area (TPSA) is 71.1 Å². The summed E-state index contributed by atoms with van der Waals surface area (Å²) in [7, 11) is 0. The highest BCUT2D eigenvalue weighted by molar-refractivity contribution is 5.90. The number of aryl methyl sites for hydroxylation is 2. The van der Waals surface area contributed by atoms with Crippen LogP contribution in [-0.4, -0.2) is 49.6 Å². The van der Waals surface area contributed by atoms with Gasteiger partial charge in [0.1, 0.15) is 23.8 Å². The lowest BCUT2D eigenvalue weighted by Crippen LogP contribution is -2.36. The first-order chi connectivity index (χ1) is 17.9. The quantitative estimate of drug-likeness (QED) is 0.281. The maximum absolute atomic E-state index is 14.6. The molecular formula is C29H34F2O6. The molecule has 4 atom stereocenters. The van der Waals surface area contributed by atoms with Crippen molar-refractivity contribution in [2.24, 2.45) is 0 Å². The Bertz CT molecular complexity index is 1100. The molecule has 4 rings (SSSR count). The Kier molecular flexibility index (Phi) is 9.27. The summed E-state index contributed by atoms with van der Waals surface area (Å²) in [6.07, 6.45) is 4.71. The zero-order valence-corrected chi connectivity index (χ0v) is 21.3. The minimum Gasteiger partial charge on any atom is -0.453 e. The van der Waals surface area contributed by atoms with Crippen molar-refractivity contribution in [3.8, 4) is 0 Å². The molecule has 37 heavy (non-hydrogen) atoms. The molecule has 2 heterocycles. The van der Waals surface area contributed by atoms with Gasteiger partial charge in [0.15, 0.2) is 12.2 Å². The summed E-state index contributed by atoms with van der Waals surface area (Å²) in [4.78, 5) is 25.2. The number of ether oxygens (including phenoxy) is 4. The average molecular weight is 517 g/mol. The van der Waals surface area contributed by atoms with Crippen molar-refractivity contribution in [2.45, 2.75) is 83.2 Å². The fourth-order valence-corrected chi connectivity index (χ4v) is 4.73. The summed E-state index contributed by atoms with van der Waals surface area (Å²) in [6.45, 7) is 3.90. The van der Waals surface area contributed by atoms with E-state index in [1.54, 1.807) is 19.1 Å². The maximum atomic E-state index is 14.6. The van der Waals surface area contributed by atoms with E-state index in [0.717, 1.165) is 25.3 Å². The third-order valence-corrected chi connectivity index (χ3v) is 6.98. The zero-order chi connectivity index (χ0) is 26.4. The van der Waals surface area contributed by atoms with Gasteiger partial charge in [-0.05, 0) is 55.2 Å². The number of fused-ring (bicyclic) bond motifs is 1. The third kappa shape index (κ3) is 6.73. The zero-order valence-electron chi connectivity index (χ0n) is 21.3. The van der Waals surface area contributed by atoms with E-state index in [1.165, 1.54) is 37.5 Å². The Morgan fingerprint density at radius 2 is 1.35 bits per heavy atom. The number of esters is 2. The van der Waals surface area contributed by atoms with E-state index in [0.29, 0.717) is 17.5 Å². The fourth-order valence-electron chi connectivity index (χ4n) is 4.73. The lowest BCUT2D eigenvalue weighted by atomic mass is 10.0. The lowest BCUT2D eigenvalue weighted by Gasteiger charge is -2.17. The number of halogens is 2. The van der Waals surface area contributed by atoms with Crippen LogP contribution in [0, 0.1) is 18.6 Å². The highest BCUT2D eigenvalue weighted by Gasteiger charge is 2.51. The number of unbranched alkanes of at least 4 members (excludes halogenated alkanes) is 5. The summed E-state index contributed by atoms with van der Waals surface area (Å²) in [6, 6.07) is 8.55. The summed E-state index contributed by atoms with van der Waals surface area (Å²) in [5.74, 6) is -2.27. The highest BCUT2D eigenvalue weighted by atomic mass is 19.1. The first-order valence-electron chi connectivity index (χ1n) is 13.1. The minimum atomic E-state index is -0.719. The molecule has 200 valence electrons. The fraction of sp³-hybridized carbons (Fsp3) is 0.517. The summed E-state index contributed by atoms with van der Waals surface area (Å²) >= 11 is 0. The summed E-state index contributed by atoms with van der Waals surface area (Å²) < 4.78 is 50.9.